The Bertz CT molecular complexity index is 114. The molecule has 1 fully saturated rings. The standard InChI is InChI=1S/C7H18N2P2/c1-6(2)10-5-11(7(3)4)9-8-10/h6-9H,5H2,1-4H3. The van der Waals surface area contributed by atoms with Crippen LogP contribution in [-0.4, -0.2) is 17.2 Å². The third kappa shape index (κ3) is 2.63. The molecule has 4 heteroatoms. The van der Waals surface area contributed by atoms with Crippen LogP contribution in [0.1, 0.15) is 27.7 Å². The number of hydrogen-bond donors (Lipinski definition) is 2. The average molecular weight is 192 g/mol. The second-order valence-corrected chi connectivity index (χ2v) is 9.02. The molecule has 0 amide bonds. The monoisotopic (exact) mass is 192 g/mol. The highest BCUT2D eigenvalue weighted by Crippen LogP contribution is 2.56. The van der Waals surface area contributed by atoms with Crippen LogP contribution in [0.4, 0.5) is 0 Å². The molecule has 11 heavy (non-hydrogen) atoms. The van der Waals surface area contributed by atoms with E-state index in [0.29, 0.717) is 0 Å². The van der Waals surface area contributed by atoms with Crippen LogP contribution >= 0.6 is 16.1 Å². The molecule has 0 bridgehead atoms. The van der Waals surface area contributed by atoms with Crippen molar-refractivity contribution in [2.75, 3.05) is 5.90 Å². The molecule has 0 radical (unpaired) electrons. The fraction of sp³-hybridized carbons (Fsp3) is 1.00. The van der Waals surface area contributed by atoms with Crippen LogP contribution in [0.2, 0.25) is 0 Å². The molecular weight excluding hydrogens is 174 g/mol. The zero-order chi connectivity index (χ0) is 8.43. The Labute approximate surface area is 72.1 Å². The Hall–Kier alpha value is 0.780. The molecule has 0 spiro atoms. The molecule has 66 valence electrons. The van der Waals surface area contributed by atoms with Crippen LogP contribution in [0, 0.1) is 0 Å². The zero-order valence-electron chi connectivity index (χ0n) is 7.76. The molecule has 2 nitrogen and oxygen atoms in total. The predicted molar refractivity (Wildman–Crippen MR) is 55.3 cm³/mol. The summed E-state index contributed by atoms with van der Waals surface area (Å²) in [6.07, 6.45) is 0. The molecule has 0 aromatic carbocycles. The summed E-state index contributed by atoms with van der Waals surface area (Å²) in [5.41, 5.74) is 1.65. The second kappa shape index (κ2) is 4.14. The van der Waals surface area contributed by atoms with E-state index in [1.165, 1.54) is 5.90 Å². The van der Waals surface area contributed by atoms with Gasteiger partial charge in [-0.2, -0.15) is 0 Å². The number of hydrogen-bond acceptors (Lipinski definition) is 2. The first kappa shape index (κ1) is 9.86. The molecule has 1 aliphatic rings. The van der Waals surface area contributed by atoms with Crippen LogP contribution in [0.15, 0.2) is 0 Å². The van der Waals surface area contributed by atoms with Gasteiger partial charge >= 0.3 is 0 Å². The van der Waals surface area contributed by atoms with Gasteiger partial charge in [0.05, 0.1) is 0 Å². The number of hydrazine groups is 1. The number of nitrogens with one attached hydrogen (secondary N) is 2. The maximum atomic E-state index is 3.43. The summed E-state index contributed by atoms with van der Waals surface area (Å²) in [5.74, 6) is 1.40. The summed E-state index contributed by atoms with van der Waals surface area (Å²) in [4.78, 5) is 0. The highest BCUT2D eigenvalue weighted by molar-refractivity contribution is 7.76. The van der Waals surface area contributed by atoms with Crippen molar-refractivity contribution < 1.29 is 0 Å². The van der Waals surface area contributed by atoms with E-state index < -0.39 is 0 Å². The molecule has 1 heterocycles. The highest BCUT2D eigenvalue weighted by Gasteiger charge is 2.27. The molecule has 1 aliphatic heterocycles. The summed E-state index contributed by atoms with van der Waals surface area (Å²) >= 11 is 0. The first-order valence-electron chi connectivity index (χ1n) is 4.16. The minimum Gasteiger partial charge on any atom is -0.232 e. The van der Waals surface area contributed by atoms with E-state index in [0.717, 1.165) is 11.3 Å². The van der Waals surface area contributed by atoms with Gasteiger partial charge in [0.2, 0.25) is 0 Å². The Morgan fingerprint density at radius 1 is 0.909 bits per heavy atom. The molecule has 2 unspecified atom stereocenters. The minimum absolute atomic E-state index is 0.0918. The van der Waals surface area contributed by atoms with Crippen molar-refractivity contribution in [1.29, 1.82) is 0 Å². The van der Waals surface area contributed by atoms with Crippen molar-refractivity contribution in [2.45, 2.75) is 39.0 Å². The second-order valence-electron chi connectivity index (χ2n) is 3.49. The van der Waals surface area contributed by atoms with Crippen molar-refractivity contribution in [2.24, 2.45) is 0 Å². The van der Waals surface area contributed by atoms with E-state index >= 15 is 0 Å². The summed E-state index contributed by atoms with van der Waals surface area (Å²) in [6.45, 7) is 9.22. The zero-order valence-corrected chi connectivity index (χ0v) is 9.55. The Morgan fingerprint density at radius 2 is 1.27 bits per heavy atom. The molecule has 1 rings (SSSR count). The maximum absolute atomic E-state index is 3.43. The van der Waals surface area contributed by atoms with Gasteiger partial charge in [-0.1, -0.05) is 27.7 Å². The van der Waals surface area contributed by atoms with Crippen LogP contribution in [-0.2, 0) is 0 Å². The molecule has 0 aromatic rings. The predicted octanol–water partition coefficient (Wildman–Crippen LogP) is 2.66. The van der Waals surface area contributed by atoms with Crippen molar-refractivity contribution in [1.82, 2.24) is 10.4 Å². The van der Waals surface area contributed by atoms with Crippen LogP contribution in [0.25, 0.3) is 0 Å². The van der Waals surface area contributed by atoms with Crippen molar-refractivity contribution >= 4 is 16.1 Å². The van der Waals surface area contributed by atoms with E-state index in [1.54, 1.807) is 0 Å². The lowest BCUT2D eigenvalue weighted by molar-refractivity contribution is 0.930. The Morgan fingerprint density at radius 3 is 1.45 bits per heavy atom. The van der Waals surface area contributed by atoms with Gasteiger partial charge in [-0.25, -0.2) is 10.4 Å². The molecule has 0 aromatic heterocycles. The van der Waals surface area contributed by atoms with Crippen LogP contribution in [0.5, 0.6) is 0 Å². The van der Waals surface area contributed by atoms with Gasteiger partial charge < -0.3 is 0 Å². The fourth-order valence-corrected chi connectivity index (χ4v) is 6.98. The lowest BCUT2D eigenvalue weighted by atomic mass is 10.6. The molecule has 2 N–H and O–H groups in total. The third-order valence-corrected chi connectivity index (χ3v) is 7.79. The lowest BCUT2D eigenvalue weighted by Crippen LogP contribution is -2.18. The first-order chi connectivity index (χ1) is 5.11. The van der Waals surface area contributed by atoms with E-state index in [2.05, 4.69) is 38.1 Å². The normalized spacial score (nSPS) is 32.2. The van der Waals surface area contributed by atoms with Gasteiger partial charge in [0.25, 0.3) is 0 Å². The van der Waals surface area contributed by atoms with E-state index in [-0.39, 0.29) is 16.1 Å². The molecule has 1 saturated heterocycles. The smallest absolute Gasteiger partial charge is 0.0171 e. The van der Waals surface area contributed by atoms with Gasteiger partial charge in [0, 0.05) is 5.90 Å². The van der Waals surface area contributed by atoms with Crippen LogP contribution < -0.4 is 10.4 Å². The van der Waals surface area contributed by atoms with Gasteiger partial charge in [-0.15, -0.1) is 0 Å². The topological polar surface area (TPSA) is 24.1 Å². The Balaban J connectivity index is 2.35. The third-order valence-electron chi connectivity index (χ3n) is 1.89. The summed E-state index contributed by atoms with van der Waals surface area (Å²) in [7, 11) is 0.184. The van der Waals surface area contributed by atoms with Crippen LogP contribution in [0.3, 0.4) is 0 Å². The Kier molecular flexibility index (Phi) is 3.71. The maximum Gasteiger partial charge on any atom is 0.0171 e. The molecule has 2 atom stereocenters. The molecular formula is C7H18N2P2. The first-order valence-corrected chi connectivity index (χ1v) is 7.35. The highest BCUT2D eigenvalue weighted by atomic mass is 31.2. The van der Waals surface area contributed by atoms with E-state index in [9.17, 15) is 0 Å². The summed E-state index contributed by atoms with van der Waals surface area (Å²) in [6, 6.07) is 0. The number of rotatable bonds is 2. The van der Waals surface area contributed by atoms with E-state index in [4.69, 9.17) is 0 Å². The fourth-order valence-electron chi connectivity index (χ4n) is 0.948. The molecule has 0 aliphatic carbocycles. The van der Waals surface area contributed by atoms with Crippen molar-refractivity contribution in [3.8, 4) is 0 Å². The van der Waals surface area contributed by atoms with Gasteiger partial charge in [-0.3, -0.25) is 0 Å². The van der Waals surface area contributed by atoms with Crippen molar-refractivity contribution in [3.63, 3.8) is 0 Å². The summed E-state index contributed by atoms with van der Waals surface area (Å²) < 4.78 is 0. The lowest BCUT2D eigenvalue weighted by Gasteiger charge is -2.14. The quantitative estimate of drug-likeness (QED) is 0.657. The van der Waals surface area contributed by atoms with Gasteiger partial charge in [-0.05, 0) is 27.5 Å². The minimum atomic E-state index is 0.0918. The van der Waals surface area contributed by atoms with Gasteiger partial charge in [0.1, 0.15) is 0 Å². The van der Waals surface area contributed by atoms with Crippen molar-refractivity contribution in [3.05, 3.63) is 0 Å². The summed E-state index contributed by atoms with van der Waals surface area (Å²) in [5, 5.41) is 6.86. The molecule has 0 saturated carbocycles. The van der Waals surface area contributed by atoms with Gasteiger partial charge in [0.15, 0.2) is 0 Å². The average Bonchev–Trinajstić information content (AvgIpc) is 2.33. The van der Waals surface area contributed by atoms with E-state index in [1.807, 2.05) is 0 Å². The SMILES string of the molecule is CC(C)P1CP(C(C)C)NN1. The largest absolute Gasteiger partial charge is 0.232 e.